The van der Waals surface area contributed by atoms with Crippen LogP contribution < -0.4 is 21.3 Å². The van der Waals surface area contributed by atoms with Crippen LogP contribution in [0.5, 0.6) is 0 Å². The fourth-order valence-corrected chi connectivity index (χ4v) is 3.27. The number of nitro groups is 1. The minimum atomic E-state index is -0.660. The third-order valence-electron chi connectivity index (χ3n) is 4.98. The average molecular weight is 428 g/mol. The first-order chi connectivity index (χ1) is 14.9. The van der Waals surface area contributed by atoms with Crippen molar-refractivity contribution in [3.63, 3.8) is 0 Å². The van der Waals surface area contributed by atoms with Crippen LogP contribution >= 0.6 is 0 Å². The molecule has 2 amide bonds. The van der Waals surface area contributed by atoms with Gasteiger partial charge in [-0.3, -0.25) is 44.8 Å². The number of aromatic nitrogens is 1. The molecule has 3 rings (SSSR count). The molecule has 2 aromatic rings. The van der Waals surface area contributed by atoms with Gasteiger partial charge in [0.2, 0.25) is 5.91 Å². The smallest absolute Gasteiger partial charge is 0.285 e. The highest BCUT2D eigenvalue weighted by Crippen LogP contribution is 2.15. The molecule has 164 valence electrons. The molecule has 2 heterocycles. The number of nitrogens with one attached hydrogen (secondary N) is 2. The number of hydrazine groups is 1. The van der Waals surface area contributed by atoms with Gasteiger partial charge in [-0.2, -0.15) is 0 Å². The molecule has 0 aliphatic carbocycles. The van der Waals surface area contributed by atoms with Gasteiger partial charge in [-0.15, -0.1) is 0 Å². The molecule has 1 fully saturated rings. The monoisotopic (exact) mass is 428 g/mol. The number of amides is 2. The quantitative estimate of drug-likeness (QED) is 0.473. The number of benzene rings is 1. The fourth-order valence-electron chi connectivity index (χ4n) is 3.27. The Hall–Kier alpha value is -3.73. The lowest BCUT2D eigenvalue weighted by Gasteiger charge is -2.36. The summed E-state index contributed by atoms with van der Waals surface area (Å²) in [4.78, 5) is 50.3. The van der Waals surface area contributed by atoms with Crippen molar-refractivity contribution in [2.24, 2.45) is 0 Å². The maximum atomic E-state index is 12.0. The SMILES string of the molecule is O=C(CCN1CCN(c2ccccc2)CC1)NNC(=O)Cn1cc([N+](=O)[O-])ccc1=O. The highest BCUT2D eigenvalue weighted by molar-refractivity contribution is 5.81. The Morgan fingerprint density at radius 2 is 1.65 bits per heavy atom. The number of hydrogen-bond acceptors (Lipinski definition) is 7. The van der Waals surface area contributed by atoms with Crippen LogP contribution in [0.4, 0.5) is 11.4 Å². The second kappa shape index (κ2) is 10.3. The number of carbonyl (C=O) groups is 2. The van der Waals surface area contributed by atoms with Crippen molar-refractivity contribution in [2.45, 2.75) is 13.0 Å². The Kier molecular flexibility index (Phi) is 7.33. The first-order valence-electron chi connectivity index (χ1n) is 9.87. The van der Waals surface area contributed by atoms with E-state index in [0.717, 1.165) is 49.1 Å². The second-order valence-corrected chi connectivity index (χ2v) is 7.12. The third kappa shape index (κ3) is 6.37. The predicted molar refractivity (Wildman–Crippen MR) is 113 cm³/mol. The molecular weight excluding hydrogens is 404 g/mol. The fraction of sp³-hybridized carbons (Fsp3) is 0.350. The molecule has 0 spiro atoms. The van der Waals surface area contributed by atoms with E-state index in [0.29, 0.717) is 6.54 Å². The van der Waals surface area contributed by atoms with Gasteiger partial charge in [-0.25, -0.2) is 0 Å². The van der Waals surface area contributed by atoms with Gasteiger partial charge in [0.25, 0.3) is 17.2 Å². The van der Waals surface area contributed by atoms with Crippen molar-refractivity contribution in [3.05, 3.63) is 69.1 Å². The lowest BCUT2D eigenvalue weighted by molar-refractivity contribution is -0.385. The van der Waals surface area contributed by atoms with Gasteiger partial charge in [0.15, 0.2) is 0 Å². The van der Waals surface area contributed by atoms with E-state index in [9.17, 15) is 24.5 Å². The zero-order chi connectivity index (χ0) is 22.2. The third-order valence-corrected chi connectivity index (χ3v) is 4.98. The van der Waals surface area contributed by atoms with Gasteiger partial charge in [-0.1, -0.05) is 18.2 Å². The summed E-state index contributed by atoms with van der Waals surface area (Å²) in [5.74, 6) is -1.02. The first kappa shape index (κ1) is 22.0. The lowest BCUT2D eigenvalue weighted by Crippen LogP contribution is -2.48. The molecule has 2 N–H and O–H groups in total. The maximum absolute atomic E-state index is 12.0. The van der Waals surface area contributed by atoms with Crippen LogP contribution in [-0.2, 0) is 16.1 Å². The van der Waals surface area contributed by atoms with E-state index in [1.807, 2.05) is 18.2 Å². The largest absolute Gasteiger partial charge is 0.369 e. The molecule has 0 atom stereocenters. The minimum absolute atomic E-state index is 0.211. The zero-order valence-corrected chi connectivity index (χ0v) is 16.9. The van der Waals surface area contributed by atoms with Crippen LogP contribution in [0.1, 0.15) is 6.42 Å². The van der Waals surface area contributed by atoms with Gasteiger partial charge in [-0.05, 0) is 12.1 Å². The highest BCUT2D eigenvalue weighted by atomic mass is 16.6. The topological polar surface area (TPSA) is 130 Å². The standard InChI is InChI=1S/C20H24N6O5/c27-18(8-9-23-10-12-24(13-11-23)16-4-2-1-3-5-16)21-22-19(28)15-25-14-17(26(30)31)6-7-20(25)29/h1-7,14H,8-13,15H2,(H,21,27)(H,22,28). The Bertz CT molecular complexity index is 985. The second-order valence-electron chi connectivity index (χ2n) is 7.12. The number of anilines is 1. The summed E-state index contributed by atoms with van der Waals surface area (Å²) in [5.41, 5.74) is 4.87. The van der Waals surface area contributed by atoms with Gasteiger partial charge in [0, 0.05) is 57.0 Å². The number of para-hydroxylation sites is 1. The molecule has 1 aliphatic heterocycles. The van der Waals surface area contributed by atoms with Crippen LogP contribution in [0.3, 0.4) is 0 Å². The number of carbonyl (C=O) groups excluding carboxylic acids is 2. The van der Waals surface area contributed by atoms with Crippen LogP contribution in [0, 0.1) is 10.1 Å². The molecule has 1 saturated heterocycles. The van der Waals surface area contributed by atoms with E-state index in [2.05, 4.69) is 32.8 Å². The first-order valence-corrected chi connectivity index (χ1v) is 9.87. The normalized spacial score (nSPS) is 14.1. The van der Waals surface area contributed by atoms with Crippen LogP contribution in [-0.4, -0.2) is 58.9 Å². The van der Waals surface area contributed by atoms with Crippen molar-refractivity contribution in [1.82, 2.24) is 20.3 Å². The number of hydrogen-bond donors (Lipinski definition) is 2. The number of rotatable bonds is 7. The summed E-state index contributed by atoms with van der Waals surface area (Å²) in [6.07, 6.45) is 1.20. The average Bonchev–Trinajstić information content (AvgIpc) is 2.78. The Morgan fingerprint density at radius 1 is 0.968 bits per heavy atom. The summed E-state index contributed by atoms with van der Waals surface area (Å²) < 4.78 is 0.909. The molecule has 1 aromatic carbocycles. The lowest BCUT2D eigenvalue weighted by atomic mass is 10.2. The molecule has 0 saturated carbocycles. The molecular formula is C20H24N6O5. The molecule has 31 heavy (non-hydrogen) atoms. The summed E-state index contributed by atoms with van der Waals surface area (Å²) in [5, 5.41) is 10.8. The summed E-state index contributed by atoms with van der Waals surface area (Å²) >= 11 is 0. The van der Waals surface area contributed by atoms with E-state index >= 15 is 0 Å². The predicted octanol–water partition coefficient (Wildman–Crippen LogP) is 0.116. The van der Waals surface area contributed by atoms with Crippen LogP contribution in [0.15, 0.2) is 53.5 Å². The number of piperazine rings is 1. The van der Waals surface area contributed by atoms with E-state index in [1.54, 1.807) is 0 Å². The highest BCUT2D eigenvalue weighted by Gasteiger charge is 2.18. The van der Waals surface area contributed by atoms with E-state index in [4.69, 9.17) is 0 Å². The van der Waals surface area contributed by atoms with E-state index in [1.165, 1.54) is 5.69 Å². The maximum Gasteiger partial charge on any atom is 0.285 e. The van der Waals surface area contributed by atoms with Gasteiger partial charge in [0.05, 0.1) is 11.1 Å². The Labute approximate surface area is 178 Å². The molecule has 11 heteroatoms. The number of nitrogens with zero attached hydrogens (tertiary/aromatic N) is 4. The summed E-state index contributed by atoms with van der Waals surface area (Å²) in [6.45, 7) is 3.55. The van der Waals surface area contributed by atoms with Crippen molar-refractivity contribution in [2.75, 3.05) is 37.6 Å². The Morgan fingerprint density at radius 3 is 2.32 bits per heavy atom. The van der Waals surface area contributed by atoms with Gasteiger partial charge >= 0.3 is 0 Å². The van der Waals surface area contributed by atoms with E-state index < -0.39 is 22.9 Å². The molecule has 0 bridgehead atoms. The van der Waals surface area contributed by atoms with Crippen LogP contribution in [0.2, 0.25) is 0 Å². The van der Waals surface area contributed by atoms with E-state index in [-0.39, 0.29) is 18.0 Å². The van der Waals surface area contributed by atoms with Crippen molar-refractivity contribution in [3.8, 4) is 0 Å². The zero-order valence-electron chi connectivity index (χ0n) is 16.9. The molecule has 1 aliphatic rings. The number of pyridine rings is 1. The van der Waals surface area contributed by atoms with Crippen molar-refractivity contribution < 1.29 is 14.5 Å². The minimum Gasteiger partial charge on any atom is -0.369 e. The van der Waals surface area contributed by atoms with Gasteiger partial charge in [0.1, 0.15) is 6.54 Å². The van der Waals surface area contributed by atoms with Crippen molar-refractivity contribution >= 4 is 23.2 Å². The van der Waals surface area contributed by atoms with Gasteiger partial charge < -0.3 is 4.90 Å². The van der Waals surface area contributed by atoms with Crippen molar-refractivity contribution in [1.29, 1.82) is 0 Å². The Balaban J connectivity index is 1.37. The van der Waals surface area contributed by atoms with Crippen LogP contribution in [0.25, 0.3) is 0 Å². The molecule has 0 unspecified atom stereocenters. The molecule has 11 nitrogen and oxygen atoms in total. The molecule has 0 radical (unpaired) electrons. The molecule has 1 aromatic heterocycles. The summed E-state index contributed by atoms with van der Waals surface area (Å²) in [7, 11) is 0. The summed E-state index contributed by atoms with van der Waals surface area (Å²) in [6, 6.07) is 12.2.